The van der Waals surface area contributed by atoms with Gasteiger partial charge in [-0.3, -0.25) is 4.99 Å². The van der Waals surface area contributed by atoms with Crippen molar-refractivity contribution in [1.82, 2.24) is 15.0 Å². The molecule has 0 aliphatic carbocycles. The van der Waals surface area contributed by atoms with Gasteiger partial charge < -0.3 is 16.2 Å². The topological polar surface area (TPSA) is 112 Å². The zero-order valence-corrected chi connectivity index (χ0v) is 17.4. The minimum Gasteiger partial charge on any atom is -0.385 e. The Kier molecular flexibility index (Phi) is 6.05. The lowest BCUT2D eigenvalue weighted by atomic mass is 9.93. The summed E-state index contributed by atoms with van der Waals surface area (Å²) in [4.78, 5) is 14.0. The number of hydrogen-bond acceptors (Lipinski definition) is 7. The minimum atomic E-state index is -4.90. The standard InChI is InChI=1S/C19H16F8N6O/c1-16(7-34-17(2,15(29)33-16)19(25,26)27)13-9(20)4-3-8(31-13)5-10(21)12-14(28)32-11(6-30-12)18(22,23)24/h3-6H,7H2,1-2H3,(H2,28,32)(H2,29,33)/b10-5-/t16-,17+/m0/s1. The minimum absolute atomic E-state index is 0.269. The molecule has 0 fully saturated rings. The molecule has 2 aromatic heterocycles. The number of aliphatic imine (C=N–C) groups is 1. The van der Waals surface area contributed by atoms with Crippen LogP contribution in [0.4, 0.5) is 40.9 Å². The van der Waals surface area contributed by atoms with Crippen LogP contribution >= 0.6 is 0 Å². The lowest BCUT2D eigenvalue weighted by Gasteiger charge is -2.40. The first-order valence-electron chi connectivity index (χ1n) is 9.29. The number of nitrogens with two attached hydrogens (primary N) is 2. The van der Waals surface area contributed by atoms with Gasteiger partial charge in [0.1, 0.15) is 28.6 Å². The summed E-state index contributed by atoms with van der Waals surface area (Å²) in [5.41, 5.74) is 3.22. The number of nitrogen functional groups attached to an aromatic ring is 1. The molecule has 7 nitrogen and oxygen atoms in total. The largest absolute Gasteiger partial charge is 0.434 e. The van der Waals surface area contributed by atoms with Gasteiger partial charge in [0.15, 0.2) is 17.3 Å². The van der Waals surface area contributed by atoms with Crippen LogP contribution in [0.1, 0.15) is 36.6 Å². The summed E-state index contributed by atoms with van der Waals surface area (Å²) < 4.78 is 112. The number of rotatable bonds is 3. The van der Waals surface area contributed by atoms with Crippen LogP contribution in [0.15, 0.2) is 23.3 Å². The van der Waals surface area contributed by atoms with E-state index >= 15 is 0 Å². The molecule has 34 heavy (non-hydrogen) atoms. The number of pyridine rings is 1. The van der Waals surface area contributed by atoms with Gasteiger partial charge in [0.2, 0.25) is 5.60 Å². The van der Waals surface area contributed by atoms with Gasteiger partial charge >= 0.3 is 12.4 Å². The lowest BCUT2D eigenvalue weighted by Crippen LogP contribution is -2.60. The SMILES string of the molecule is C[C@@]1(c2nc(/C=C(\F)c3ncc(C(F)(F)F)nc3N)ccc2F)CO[C@@](C)(C(F)(F)F)C(N)=N1. The number of nitrogens with zero attached hydrogens (tertiary/aromatic N) is 4. The van der Waals surface area contributed by atoms with E-state index in [1.807, 2.05) is 0 Å². The van der Waals surface area contributed by atoms with E-state index < -0.39 is 70.5 Å². The molecule has 3 heterocycles. The van der Waals surface area contributed by atoms with Crippen LogP contribution in [-0.2, 0) is 16.5 Å². The van der Waals surface area contributed by atoms with Gasteiger partial charge in [-0.15, -0.1) is 0 Å². The second-order valence-electron chi connectivity index (χ2n) is 7.64. The summed E-state index contributed by atoms with van der Waals surface area (Å²) >= 11 is 0. The van der Waals surface area contributed by atoms with Gasteiger partial charge in [-0.05, 0) is 26.0 Å². The van der Waals surface area contributed by atoms with Crippen LogP contribution in [0.3, 0.4) is 0 Å². The molecule has 0 radical (unpaired) electrons. The number of amidine groups is 1. The van der Waals surface area contributed by atoms with E-state index in [1.54, 1.807) is 0 Å². The van der Waals surface area contributed by atoms with E-state index in [0.717, 1.165) is 12.1 Å². The number of ether oxygens (including phenoxy) is 1. The fraction of sp³-hybridized carbons (Fsp3) is 0.368. The maximum Gasteiger partial charge on any atom is 0.434 e. The molecule has 0 amide bonds. The van der Waals surface area contributed by atoms with Crippen molar-refractivity contribution in [1.29, 1.82) is 0 Å². The summed E-state index contributed by atoms with van der Waals surface area (Å²) in [6.45, 7) is 1.12. The number of aromatic nitrogens is 3. The maximum atomic E-state index is 14.6. The van der Waals surface area contributed by atoms with Crippen molar-refractivity contribution in [3.63, 3.8) is 0 Å². The van der Waals surface area contributed by atoms with Gasteiger partial charge in [-0.2, -0.15) is 26.3 Å². The Bertz CT molecular complexity index is 1180. The van der Waals surface area contributed by atoms with Gasteiger partial charge in [-0.25, -0.2) is 23.7 Å². The zero-order valence-electron chi connectivity index (χ0n) is 17.4. The zero-order chi connectivity index (χ0) is 25.7. The van der Waals surface area contributed by atoms with E-state index in [9.17, 15) is 35.1 Å². The molecule has 0 unspecified atom stereocenters. The highest BCUT2D eigenvalue weighted by Crippen LogP contribution is 2.41. The maximum absolute atomic E-state index is 14.6. The molecule has 184 valence electrons. The molecule has 0 spiro atoms. The Morgan fingerprint density at radius 2 is 1.74 bits per heavy atom. The molecule has 2 atom stereocenters. The highest BCUT2D eigenvalue weighted by molar-refractivity contribution is 5.90. The van der Waals surface area contributed by atoms with Gasteiger partial charge in [-0.1, -0.05) is 0 Å². The smallest absolute Gasteiger partial charge is 0.385 e. The average Bonchev–Trinajstić information content (AvgIpc) is 2.70. The highest BCUT2D eigenvalue weighted by atomic mass is 19.4. The van der Waals surface area contributed by atoms with Crippen molar-refractivity contribution in [3.05, 3.63) is 46.9 Å². The quantitative estimate of drug-likeness (QED) is 0.622. The summed E-state index contributed by atoms with van der Waals surface area (Å²) in [5, 5.41) is 0. The van der Waals surface area contributed by atoms with E-state index in [-0.39, 0.29) is 11.9 Å². The third kappa shape index (κ3) is 4.51. The normalized spacial score (nSPS) is 24.2. The Balaban J connectivity index is 2.00. The van der Waals surface area contributed by atoms with Crippen LogP contribution in [0.25, 0.3) is 11.9 Å². The van der Waals surface area contributed by atoms with E-state index in [1.165, 1.54) is 6.92 Å². The van der Waals surface area contributed by atoms with Crippen molar-refractivity contribution >= 4 is 23.6 Å². The predicted molar refractivity (Wildman–Crippen MR) is 104 cm³/mol. The molecular weight excluding hydrogens is 480 g/mol. The number of halogens is 8. The molecule has 3 rings (SSSR count). The fourth-order valence-electron chi connectivity index (χ4n) is 2.95. The van der Waals surface area contributed by atoms with Crippen molar-refractivity contribution in [2.45, 2.75) is 37.3 Å². The first kappa shape index (κ1) is 25.3. The number of anilines is 1. The van der Waals surface area contributed by atoms with Crippen LogP contribution < -0.4 is 11.5 Å². The molecular formula is C19H16F8N6O. The molecule has 4 N–H and O–H groups in total. The molecule has 2 aromatic rings. The van der Waals surface area contributed by atoms with Crippen molar-refractivity contribution in [2.24, 2.45) is 10.7 Å². The monoisotopic (exact) mass is 496 g/mol. The summed E-state index contributed by atoms with van der Waals surface area (Å²) in [5.74, 6) is -4.07. The van der Waals surface area contributed by atoms with Crippen LogP contribution in [0.5, 0.6) is 0 Å². The molecule has 0 bridgehead atoms. The average molecular weight is 496 g/mol. The Hall–Kier alpha value is -3.36. The summed E-state index contributed by atoms with van der Waals surface area (Å²) in [7, 11) is 0. The predicted octanol–water partition coefficient (Wildman–Crippen LogP) is 4.00. The Labute approximate surface area is 186 Å². The van der Waals surface area contributed by atoms with Crippen LogP contribution in [0, 0.1) is 5.82 Å². The van der Waals surface area contributed by atoms with Crippen LogP contribution in [-0.4, -0.2) is 39.2 Å². The van der Waals surface area contributed by atoms with Gasteiger partial charge in [0, 0.05) is 6.08 Å². The van der Waals surface area contributed by atoms with Crippen molar-refractivity contribution in [3.8, 4) is 0 Å². The van der Waals surface area contributed by atoms with Crippen molar-refractivity contribution < 1.29 is 39.9 Å². The molecule has 1 aliphatic rings. The first-order chi connectivity index (χ1) is 15.5. The number of alkyl halides is 6. The van der Waals surface area contributed by atoms with Gasteiger partial charge in [0.05, 0.1) is 18.5 Å². The second-order valence-corrected chi connectivity index (χ2v) is 7.64. The van der Waals surface area contributed by atoms with E-state index in [0.29, 0.717) is 13.0 Å². The van der Waals surface area contributed by atoms with Crippen LogP contribution in [0.2, 0.25) is 0 Å². The van der Waals surface area contributed by atoms with E-state index in [2.05, 4.69) is 19.9 Å². The lowest BCUT2D eigenvalue weighted by molar-refractivity contribution is -0.249. The Morgan fingerprint density at radius 3 is 2.26 bits per heavy atom. The number of hydrogen-bond donors (Lipinski definition) is 2. The summed E-state index contributed by atoms with van der Waals surface area (Å²) in [6.07, 6.45) is -8.80. The summed E-state index contributed by atoms with van der Waals surface area (Å²) in [6, 6.07) is 1.85. The third-order valence-corrected chi connectivity index (χ3v) is 5.01. The first-order valence-corrected chi connectivity index (χ1v) is 9.29. The molecule has 0 saturated heterocycles. The molecule has 0 aromatic carbocycles. The van der Waals surface area contributed by atoms with E-state index in [4.69, 9.17) is 16.2 Å². The fourth-order valence-corrected chi connectivity index (χ4v) is 2.95. The Morgan fingerprint density at radius 1 is 1.09 bits per heavy atom. The van der Waals surface area contributed by atoms with Gasteiger partial charge in [0.25, 0.3) is 0 Å². The third-order valence-electron chi connectivity index (χ3n) is 5.01. The molecule has 1 aliphatic heterocycles. The van der Waals surface area contributed by atoms with Crippen molar-refractivity contribution in [2.75, 3.05) is 12.3 Å². The molecule has 15 heteroatoms. The highest BCUT2D eigenvalue weighted by Gasteiger charge is 2.59. The molecule has 0 saturated carbocycles. The second kappa shape index (κ2) is 8.14.